The van der Waals surface area contributed by atoms with E-state index >= 15 is 0 Å². The van der Waals surface area contributed by atoms with Crippen LogP contribution in [0.1, 0.15) is 37.0 Å². The molecule has 0 saturated heterocycles. The maximum atomic E-state index is 13.4. The maximum absolute atomic E-state index is 13.4. The molecule has 0 spiro atoms. The van der Waals surface area contributed by atoms with Crippen LogP contribution in [0.25, 0.3) is 0 Å². The number of nitrogens with one attached hydrogen (secondary N) is 2. The highest BCUT2D eigenvalue weighted by molar-refractivity contribution is 5.88. The van der Waals surface area contributed by atoms with Crippen molar-refractivity contribution in [2.24, 2.45) is 5.92 Å². The number of carboxylic acid groups (broad SMARTS) is 1. The van der Waals surface area contributed by atoms with Crippen LogP contribution in [0.15, 0.2) is 91.0 Å². The molecule has 0 aliphatic rings. The maximum Gasteiger partial charge on any atom is 0.326 e. The second kappa shape index (κ2) is 14.7. The molecule has 200 valence electrons. The summed E-state index contributed by atoms with van der Waals surface area (Å²) in [7, 11) is 0. The quantitative estimate of drug-likeness (QED) is 0.278. The van der Waals surface area contributed by atoms with E-state index in [1.807, 2.05) is 105 Å². The lowest BCUT2D eigenvalue weighted by atomic mass is 9.99. The van der Waals surface area contributed by atoms with Crippen molar-refractivity contribution in [3.8, 4) is 0 Å². The third kappa shape index (κ3) is 9.48. The van der Waals surface area contributed by atoms with Crippen molar-refractivity contribution in [1.82, 2.24) is 10.6 Å². The van der Waals surface area contributed by atoms with E-state index in [9.17, 15) is 19.5 Å². The molecule has 0 fully saturated rings. The molecule has 7 nitrogen and oxygen atoms in total. The molecule has 0 aliphatic carbocycles. The van der Waals surface area contributed by atoms with Crippen molar-refractivity contribution >= 4 is 17.8 Å². The number of carboxylic acids is 1. The van der Waals surface area contributed by atoms with Gasteiger partial charge in [-0.15, -0.1) is 0 Å². The van der Waals surface area contributed by atoms with Gasteiger partial charge in [0, 0.05) is 0 Å². The van der Waals surface area contributed by atoms with E-state index < -0.39 is 36.0 Å². The first-order chi connectivity index (χ1) is 18.3. The van der Waals surface area contributed by atoms with E-state index in [1.54, 1.807) is 0 Å². The molecule has 0 heterocycles. The number of esters is 1. The second-order valence-electron chi connectivity index (χ2n) is 9.77. The molecular weight excluding hydrogens is 480 g/mol. The second-order valence-corrected chi connectivity index (χ2v) is 9.77. The van der Waals surface area contributed by atoms with Gasteiger partial charge in [-0.3, -0.25) is 14.9 Å². The van der Waals surface area contributed by atoms with Gasteiger partial charge in [0.05, 0.1) is 6.04 Å². The van der Waals surface area contributed by atoms with Gasteiger partial charge in [-0.1, -0.05) is 105 Å². The summed E-state index contributed by atoms with van der Waals surface area (Å²) in [5.41, 5.74) is 2.65. The van der Waals surface area contributed by atoms with E-state index in [0.29, 0.717) is 12.8 Å². The zero-order valence-corrected chi connectivity index (χ0v) is 21.9. The molecule has 0 aliphatic heterocycles. The van der Waals surface area contributed by atoms with Crippen LogP contribution in [-0.4, -0.2) is 41.1 Å². The van der Waals surface area contributed by atoms with E-state index in [4.69, 9.17) is 4.74 Å². The fourth-order valence-corrected chi connectivity index (χ4v) is 4.17. The highest BCUT2D eigenvalue weighted by atomic mass is 16.5. The topological polar surface area (TPSA) is 105 Å². The fraction of sp³-hybridized carbons (Fsp3) is 0.323. The average Bonchev–Trinajstić information content (AvgIpc) is 2.92. The first-order valence-corrected chi connectivity index (χ1v) is 12.9. The van der Waals surface area contributed by atoms with Crippen LogP contribution in [0.2, 0.25) is 0 Å². The summed E-state index contributed by atoms with van der Waals surface area (Å²) in [6.45, 7) is 3.92. The summed E-state index contributed by atoms with van der Waals surface area (Å²) < 4.78 is 5.64. The summed E-state index contributed by atoms with van der Waals surface area (Å²) in [5, 5.41) is 15.6. The number of carbonyl (C=O) groups is 3. The summed E-state index contributed by atoms with van der Waals surface area (Å²) in [5.74, 6) is -1.97. The van der Waals surface area contributed by atoms with Crippen LogP contribution >= 0.6 is 0 Å². The molecule has 0 bridgehead atoms. The van der Waals surface area contributed by atoms with Gasteiger partial charge in [-0.05, 0) is 41.9 Å². The van der Waals surface area contributed by atoms with Crippen molar-refractivity contribution in [2.75, 3.05) is 0 Å². The first-order valence-electron chi connectivity index (χ1n) is 12.9. The standard InChI is InChI=1S/C31H36N2O5/c1-22(2)18-27(30(35)36)33-29(34)26(19-23-12-6-3-7-13-23)32-28(20-24-14-8-4-9-15-24)31(37)38-21-25-16-10-5-11-17-25/h3-17,22,26-28,32H,18-21H2,1-2H3,(H,33,34)(H,35,36)/t26-,27-,28-/m0/s1. The number of benzene rings is 3. The highest BCUT2D eigenvalue weighted by Crippen LogP contribution is 2.12. The number of hydrogen-bond acceptors (Lipinski definition) is 5. The van der Waals surface area contributed by atoms with Crippen molar-refractivity contribution in [2.45, 2.75) is 57.8 Å². The smallest absolute Gasteiger partial charge is 0.326 e. The van der Waals surface area contributed by atoms with Crippen molar-refractivity contribution in [1.29, 1.82) is 0 Å². The number of rotatable bonds is 14. The number of ether oxygens (including phenoxy) is 1. The predicted molar refractivity (Wildman–Crippen MR) is 146 cm³/mol. The summed E-state index contributed by atoms with van der Waals surface area (Å²) in [4.78, 5) is 38.6. The van der Waals surface area contributed by atoms with Crippen LogP contribution < -0.4 is 10.6 Å². The van der Waals surface area contributed by atoms with Crippen LogP contribution in [0, 0.1) is 5.92 Å². The largest absolute Gasteiger partial charge is 0.480 e. The zero-order chi connectivity index (χ0) is 27.3. The number of carbonyl (C=O) groups excluding carboxylic acids is 2. The van der Waals surface area contributed by atoms with Crippen molar-refractivity contribution < 1.29 is 24.2 Å². The normalized spacial score (nSPS) is 13.3. The zero-order valence-electron chi connectivity index (χ0n) is 21.9. The van der Waals surface area contributed by atoms with Crippen LogP contribution in [-0.2, 0) is 38.6 Å². The van der Waals surface area contributed by atoms with E-state index in [0.717, 1.165) is 16.7 Å². The molecule has 3 rings (SSSR count). The average molecular weight is 517 g/mol. The fourth-order valence-electron chi connectivity index (χ4n) is 4.17. The summed E-state index contributed by atoms with van der Waals surface area (Å²) in [6, 6.07) is 25.6. The molecule has 3 N–H and O–H groups in total. The minimum absolute atomic E-state index is 0.0794. The Kier molecular flexibility index (Phi) is 11.1. The van der Waals surface area contributed by atoms with E-state index in [-0.39, 0.29) is 18.9 Å². The Labute approximate surface area is 224 Å². The number of aliphatic carboxylic acids is 1. The van der Waals surface area contributed by atoms with Crippen molar-refractivity contribution in [3.05, 3.63) is 108 Å². The molecule has 0 radical (unpaired) electrons. The summed E-state index contributed by atoms with van der Waals surface area (Å²) >= 11 is 0. The Hall–Kier alpha value is -3.97. The Morgan fingerprint density at radius 3 is 1.66 bits per heavy atom. The molecule has 3 atom stereocenters. The molecule has 7 heteroatoms. The molecule has 0 saturated carbocycles. The molecule has 3 aromatic carbocycles. The van der Waals surface area contributed by atoms with Gasteiger partial charge >= 0.3 is 11.9 Å². The van der Waals surface area contributed by atoms with E-state index in [1.165, 1.54) is 0 Å². The van der Waals surface area contributed by atoms with Gasteiger partial charge in [0.15, 0.2) is 0 Å². The monoisotopic (exact) mass is 516 g/mol. The molecule has 0 aromatic heterocycles. The first kappa shape index (κ1) is 28.6. The predicted octanol–water partition coefficient (Wildman–Crippen LogP) is 4.16. The Morgan fingerprint density at radius 2 is 1.18 bits per heavy atom. The highest BCUT2D eigenvalue weighted by Gasteiger charge is 2.31. The molecule has 1 amide bonds. The van der Waals surface area contributed by atoms with Gasteiger partial charge in [-0.25, -0.2) is 4.79 Å². The third-order valence-electron chi connectivity index (χ3n) is 6.11. The third-order valence-corrected chi connectivity index (χ3v) is 6.11. The SMILES string of the molecule is CC(C)C[C@H](NC(=O)[C@H](Cc1ccccc1)N[C@@H](Cc1ccccc1)C(=O)OCc1ccccc1)C(=O)O. The van der Waals surface area contributed by atoms with Crippen LogP contribution in [0.3, 0.4) is 0 Å². The molecular formula is C31H36N2O5. The lowest BCUT2D eigenvalue weighted by Crippen LogP contribution is -2.55. The van der Waals surface area contributed by atoms with Crippen LogP contribution in [0.4, 0.5) is 0 Å². The lowest BCUT2D eigenvalue weighted by Gasteiger charge is -2.26. The lowest BCUT2D eigenvalue weighted by molar-refractivity contribution is -0.148. The number of hydrogen-bond donors (Lipinski definition) is 3. The molecule has 3 aromatic rings. The Morgan fingerprint density at radius 1 is 0.711 bits per heavy atom. The van der Waals surface area contributed by atoms with Gasteiger partial charge in [0.2, 0.25) is 5.91 Å². The minimum atomic E-state index is -1.09. The molecule has 0 unspecified atom stereocenters. The van der Waals surface area contributed by atoms with Gasteiger partial charge in [0.25, 0.3) is 0 Å². The van der Waals surface area contributed by atoms with Crippen molar-refractivity contribution in [3.63, 3.8) is 0 Å². The van der Waals surface area contributed by atoms with Gasteiger partial charge in [0.1, 0.15) is 18.7 Å². The summed E-state index contributed by atoms with van der Waals surface area (Å²) in [6.07, 6.45) is 0.880. The van der Waals surface area contributed by atoms with E-state index in [2.05, 4.69) is 10.6 Å². The minimum Gasteiger partial charge on any atom is -0.480 e. The molecule has 38 heavy (non-hydrogen) atoms. The Bertz CT molecular complexity index is 1150. The van der Waals surface area contributed by atoms with Gasteiger partial charge < -0.3 is 15.2 Å². The van der Waals surface area contributed by atoms with Gasteiger partial charge in [-0.2, -0.15) is 0 Å². The Balaban J connectivity index is 1.83. The number of amides is 1. The van der Waals surface area contributed by atoms with Crippen LogP contribution in [0.5, 0.6) is 0 Å².